The minimum absolute atomic E-state index is 0.277. The summed E-state index contributed by atoms with van der Waals surface area (Å²) < 4.78 is 5.13. The highest BCUT2D eigenvalue weighted by Gasteiger charge is 2.18. The summed E-state index contributed by atoms with van der Waals surface area (Å²) in [6, 6.07) is 8.55. The number of hydrogen-bond donors (Lipinski definition) is 0. The fourth-order valence-electron chi connectivity index (χ4n) is 2.29. The van der Waals surface area contributed by atoms with Crippen molar-refractivity contribution in [1.82, 2.24) is 9.97 Å². The van der Waals surface area contributed by atoms with Gasteiger partial charge in [0.2, 0.25) is 0 Å². The van der Waals surface area contributed by atoms with Crippen molar-refractivity contribution >= 4 is 40.1 Å². The van der Waals surface area contributed by atoms with Gasteiger partial charge >= 0.3 is 5.97 Å². The number of carbonyl (C=O) groups excluding carboxylic acids is 1. The predicted molar refractivity (Wildman–Crippen MR) is 91.0 cm³/mol. The number of pyridine rings is 2. The first-order valence-electron chi connectivity index (χ1n) is 6.97. The van der Waals surface area contributed by atoms with E-state index in [2.05, 4.69) is 9.97 Å². The molecule has 0 aliphatic rings. The Kier molecular flexibility index (Phi) is 4.46. The zero-order valence-corrected chi connectivity index (χ0v) is 13.7. The summed E-state index contributed by atoms with van der Waals surface area (Å²) in [7, 11) is 0. The highest BCUT2D eigenvalue weighted by molar-refractivity contribution is 6.35. The average molecular weight is 347 g/mol. The van der Waals surface area contributed by atoms with E-state index in [-0.39, 0.29) is 6.61 Å². The second-order valence-electron chi connectivity index (χ2n) is 4.83. The molecule has 2 aromatic heterocycles. The maximum absolute atomic E-state index is 12.3. The summed E-state index contributed by atoms with van der Waals surface area (Å²) in [6.45, 7) is 2.03. The Morgan fingerprint density at radius 3 is 2.61 bits per heavy atom. The van der Waals surface area contributed by atoms with Crippen LogP contribution in [0, 0.1) is 0 Å². The Bertz CT molecular complexity index is 877. The van der Waals surface area contributed by atoms with Crippen LogP contribution < -0.4 is 0 Å². The Hall–Kier alpha value is -2.17. The third-order valence-electron chi connectivity index (χ3n) is 3.25. The molecule has 23 heavy (non-hydrogen) atoms. The van der Waals surface area contributed by atoms with Crippen LogP contribution in [0.5, 0.6) is 0 Å². The molecule has 4 nitrogen and oxygen atoms in total. The van der Waals surface area contributed by atoms with Gasteiger partial charge in [-0.1, -0.05) is 23.2 Å². The van der Waals surface area contributed by atoms with Gasteiger partial charge in [-0.3, -0.25) is 4.98 Å². The normalized spacial score (nSPS) is 10.7. The van der Waals surface area contributed by atoms with Gasteiger partial charge in [0.15, 0.2) is 0 Å². The van der Waals surface area contributed by atoms with Crippen molar-refractivity contribution < 1.29 is 9.53 Å². The molecule has 0 N–H and O–H groups in total. The molecule has 0 unspecified atom stereocenters. The first-order valence-corrected chi connectivity index (χ1v) is 7.72. The molecule has 0 aliphatic carbocycles. The van der Waals surface area contributed by atoms with E-state index in [9.17, 15) is 4.79 Å². The summed E-state index contributed by atoms with van der Waals surface area (Å²) in [5.74, 6) is -0.447. The van der Waals surface area contributed by atoms with Gasteiger partial charge in [-0.25, -0.2) is 9.78 Å². The van der Waals surface area contributed by atoms with Gasteiger partial charge in [0.05, 0.1) is 23.4 Å². The molecule has 0 saturated carbocycles. The van der Waals surface area contributed by atoms with Gasteiger partial charge in [0, 0.05) is 33.4 Å². The molecule has 0 radical (unpaired) electrons. The van der Waals surface area contributed by atoms with E-state index in [4.69, 9.17) is 27.9 Å². The van der Waals surface area contributed by atoms with Crippen molar-refractivity contribution in [1.29, 1.82) is 0 Å². The molecule has 3 rings (SSSR count). The first-order chi connectivity index (χ1) is 11.1. The molecule has 2 heterocycles. The molecule has 0 spiro atoms. The minimum atomic E-state index is -0.447. The van der Waals surface area contributed by atoms with Crippen molar-refractivity contribution in [3.63, 3.8) is 0 Å². The molecule has 0 atom stereocenters. The van der Waals surface area contributed by atoms with E-state index < -0.39 is 5.97 Å². The number of carbonyl (C=O) groups is 1. The van der Waals surface area contributed by atoms with E-state index in [1.807, 2.05) is 0 Å². The number of halogens is 2. The van der Waals surface area contributed by atoms with Crippen molar-refractivity contribution in [2.24, 2.45) is 0 Å². The average Bonchev–Trinajstić information content (AvgIpc) is 2.53. The fourth-order valence-corrected chi connectivity index (χ4v) is 2.82. The zero-order valence-electron chi connectivity index (χ0n) is 12.2. The predicted octanol–water partition coefficient (Wildman–Crippen LogP) is 4.78. The third kappa shape index (κ3) is 3.28. The number of ether oxygens (including phenoxy) is 1. The lowest BCUT2D eigenvalue weighted by Crippen LogP contribution is -2.08. The lowest BCUT2D eigenvalue weighted by molar-refractivity contribution is 0.0527. The summed E-state index contributed by atoms with van der Waals surface area (Å²) >= 11 is 12.1. The summed E-state index contributed by atoms with van der Waals surface area (Å²) in [6.07, 6.45) is 3.30. The zero-order chi connectivity index (χ0) is 16.4. The number of rotatable bonds is 3. The monoisotopic (exact) mass is 346 g/mol. The number of aromatic nitrogens is 2. The Balaban J connectivity index is 2.27. The molecule has 0 aliphatic heterocycles. The van der Waals surface area contributed by atoms with E-state index in [0.717, 1.165) is 10.9 Å². The second kappa shape index (κ2) is 6.52. The Morgan fingerprint density at radius 2 is 1.91 bits per heavy atom. The van der Waals surface area contributed by atoms with Gasteiger partial charge in [-0.05, 0) is 37.3 Å². The molecule has 1 aromatic carbocycles. The van der Waals surface area contributed by atoms with Crippen LogP contribution in [0.2, 0.25) is 10.0 Å². The number of nitrogens with zero attached hydrogens (tertiary/aromatic N) is 2. The van der Waals surface area contributed by atoms with Crippen LogP contribution in [0.15, 0.2) is 42.7 Å². The van der Waals surface area contributed by atoms with Gasteiger partial charge in [-0.15, -0.1) is 0 Å². The minimum Gasteiger partial charge on any atom is -0.462 e. The van der Waals surface area contributed by atoms with Gasteiger partial charge in [-0.2, -0.15) is 0 Å². The van der Waals surface area contributed by atoms with Crippen LogP contribution >= 0.6 is 23.2 Å². The van der Waals surface area contributed by atoms with Gasteiger partial charge < -0.3 is 4.74 Å². The number of benzene rings is 1. The smallest absolute Gasteiger partial charge is 0.340 e. The maximum Gasteiger partial charge on any atom is 0.340 e. The van der Waals surface area contributed by atoms with Crippen molar-refractivity contribution in [3.8, 4) is 11.3 Å². The standard InChI is InChI=1S/C17H12Cl2N2O2/c1-2-23-17(22)14-7-11-9-20-4-3-15(11)21-16(14)10-5-12(18)8-13(19)6-10/h3-9H,2H2,1H3. The lowest BCUT2D eigenvalue weighted by Gasteiger charge is -2.11. The molecule has 0 fully saturated rings. The van der Waals surface area contributed by atoms with E-state index in [1.165, 1.54) is 0 Å². The first kappa shape index (κ1) is 15.7. The molecular formula is C17H12Cl2N2O2. The maximum atomic E-state index is 12.3. The molecule has 0 saturated heterocycles. The molecular weight excluding hydrogens is 335 g/mol. The van der Waals surface area contributed by atoms with Crippen LogP contribution in [0.3, 0.4) is 0 Å². The van der Waals surface area contributed by atoms with Crippen LogP contribution in [-0.4, -0.2) is 22.5 Å². The highest BCUT2D eigenvalue weighted by atomic mass is 35.5. The number of esters is 1. The SMILES string of the molecule is CCOC(=O)c1cc2cnccc2nc1-c1cc(Cl)cc(Cl)c1. The summed E-state index contributed by atoms with van der Waals surface area (Å²) in [4.78, 5) is 20.9. The van der Waals surface area contributed by atoms with E-state index >= 15 is 0 Å². The number of hydrogen-bond acceptors (Lipinski definition) is 4. The second-order valence-corrected chi connectivity index (χ2v) is 5.70. The Morgan fingerprint density at radius 1 is 1.17 bits per heavy atom. The summed E-state index contributed by atoms with van der Waals surface area (Å²) in [5, 5.41) is 1.70. The van der Waals surface area contributed by atoms with Crippen molar-refractivity contribution in [2.75, 3.05) is 6.61 Å². The molecule has 3 aromatic rings. The van der Waals surface area contributed by atoms with Crippen LogP contribution in [0.25, 0.3) is 22.2 Å². The largest absolute Gasteiger partial charge is 0.462 e. The third-order valence-corrected chi connectivity index (χ3v) is 3.68. The van der Waals surface area contributed by atoms with Gasteiger partial charge in [0.25, 0.3) is 0 Å². The Labute approximate surface area is 143 Å². The van der Waals surface area contributed by atoms with E-state index in [0.29, 0.717) is 26.9 Å². The molecule has 0 bridgehead atoms. The fraction of sp³-hybridized carbons (Fsp3) is 0.118. The van der Waals surface area contributed by atoms with Crippen LogP contribution in [0.1, 0.15) is 17.3 Å². The molecule has 6 heteroatoms. The summed E-state index contributed by atoms with van der Waals surface area (Å²) in [5.41, 5.74) is 2.21. The van der Waals surface area contributed by atoms with Crippen molar-refractivity contribution in [3.05, 3.63) is 58.3 Å². The highest BCUT2D eigenvalue weighted by Crippen LogP contribution is 2.30. The number of fused-ring (bicyclic) bond motifs is 1. The molecule has 116 valence electrons. The quantitative estimate of drug-likeness (QED) is 0.640. The lowest BCUT2D eigenvalue weighted by atomic mass is 10.0. The van der Waals surface area contributed by atoms with Crippen LogP contribution in [0.4, 0.5) is 0 Å². The topological polar surface area (TPSA) is 52.1 Å². The molecule has 0 amide bonds. The van der Waals surface area contributed by atoms with Crippen LogP contribution in [-0.2, 0) is 4.74 Å². The van der Waals surface area contributed by atoms with Crippen molar-refractivity contribution in [2.45, 2.75) is 6.92 Å². The van der Waals surface area contributed by atoms with E-state index in [1.54, 1.807) is 49.6 Å². The van der Waals surface area contributed by atoms with Gasteiger partial charge in [0.1, 0.15) is 0 Å².